The lowest BCUT2D eigenvalue weighted by atomic mass is 10.00. The van der Waals surface area contributed by atoms with E-state index in [2.05, 4.69) is 17.0 Å². The molecule has 0 radical (unpaired) electrons. The van der Waals surface area contributed by atoms with Gasteiger partial charge in [-0.25, -0.2) is 4.39 Å². The third-order valence-electron chi connectivity index (χ3n) is 4.92. The fourth-order valence-corrected chi connectivity index (χ4v) is 3.52. The first-order valence-electron chi connectivity index (χ1n) is 8.78. The SMILES string of the molecule is COc1ccc(C2CCCCCN2Cc2ccc(C#N)cc2F)cc1. The number of rotatable bonds is 4. The van der Waals surface area contributed by atoms with E-state index in [-0.39, 0.29) is 11.9 Å². The Kier molecular flexibility index (Phi) is 5.67. The highest BCUT2D eigenvalue weighted by Gasteiger charge is 2.23. The van der Waals surface area contributed by atoms with Gasteiger partial charge in [0, 0.05) is 18.2 Å². The molecule has 1 aliphatic rings. The zero-order valence-electron chi connectivity index (χ0n) is 14.5. The number of methoxy groups -OCH3 is 1. The molecule has 0 bridgehead atoms. The van der Waals surface area contributed by atoms with Crippen LogP contribution >= 0.6 is 0 Å². The highest BCUT2D eigenvalue weighted by molar-refractivity contribution is 5.33. The molecule has 3 nitrogen and oxygen atoms in total. The van der Waals surface area contributed by atoms with E-state index in [1.54, 1.807) is 19.2 Å². The summed E-state index contributed by atoms with van der Waals surface area (Å²) in [5.74, 6) is 0.554. The lowest BCUT2D eigenvalue weighted by Gasteiger charge is -2.30. The second-order valence-electron chi connectivity index (χ2n) is 6.53. The van der Waals surface area contributed by atoms with Gasteiger partial charge in [-0.1, -0.05) is 31.0 Å². The van der Waals surface area contributed by atoms with Crippen LogP contribution in [0.15, 0.2) is 42.5 Å². The van der Waals surface area contributed by atoms with Gasteiger partial charge in [0.15, 0.2) is 0 Å². The summed E-state index contributed by atoms with van der Waals surface area (Å²) in [6.07, 6.45) is 4.59. The van der Waals surface area contributed by atoms with Crippen molar-refractivity contribution in [2.24, 2.45) is 0 Å². The molecule has 2 aromatic carbocycles. The number of hydrogen-bond donors (Lipinski definition) is 0. The molecule has 4 heteroatoms. The highest BCUT2D eigenvalue weighted by Crippen LogP contribution is 2.32. The first-order valence-corrected chi connectivity index (χ1v) is 8.78. The molecule has 0 aromatic heterocycles. The molecule has 1 heterocycles. The zero-order valence-corrected chi connectivity index (χ0v) is 14.5. The third kappa shape index (κ3) is 4.18. The van der Waals surface area contributed by atoms with Crippen LogP contribution < -0.4 is 4.74 Å². The molecular formula is C21H23FN2O. The molecule has 0 N–H and O–H groups in total. The van der Waals surface area contributed by atoms with Crippen LogP contribution in [0.3, 0.4) is 0 Å². The lowest BCUT2D eigenvalue weighted by molar-refractivity contribution is 0.190. The second-order valence-corrected chi connectivity index (χ2v) is 6.53. The average Bonchev–Trinajstić information content (AvgIpc) is 2.89. The maximum atomic E-state index is 14.3. The summed E-state index contributed by atoms with van der Waals surface area (Å²) in [6, 6.07) is 15.2. The Labute approximate surface area is 148 Å². The van der Waals surface area contributed by atoms with Crippen molar-refractivity contribution in [1.82, 2.24) is 4.90 Å². The summed E-state index contributed by atoms with van der Waals surface area (Å²) in [5.41, 5.74) is 2.26. The molecule has 0 amide bonds. The standard InChI is InChI=1S/C21H23FN2O/c1-25-19-10-8-17(9-11-19)21-5-3-2-4-12-24(21)15-18-7-6-16(14-23)13-20(18)22/h6-11,13,21H,2-5,12,15H2,1H3. The van der Waals surface area contributed by atoms with Gasteiger partial charge in [-0.3, -0.25) is 4.90 Å². The Balaban J connectivity index is 1.84. The number of benzene rings is 2. The molecule has 2 aromatic rings. The van der Waals surface area contributed by atoms with Crippen molar-refractivity contribution in [3.05, 3.63) is 65.0 Å². The number of nitriles is 1. The Morgan fingerprint density at radius 2 is 1.96 bits per heavy atom. The van der Waals surface area contributed by atoms with Gasteiger partial charge in [0.25, 0.3) is 0 Å². The smallest absolute Gasteiger partial charge is 0.129 e. The average molecular weight is 338 g/mol. The van der Waals surface area contributed by atoms with Crippen LogP contribution in [0, 0.1) is 17.1 Å². The molecule has 25 heavy (non-hydrogen) atoms. The van der Waals surface area contributed by atoms with Crippen molar-refractivity contribution < 1.29 is 9.13 Å². The second kappa shape index (κ2) is 8.13. The van der Waals surface area contributed by atoms with Crippen LogP contribution in [0.5, 0.6) is 5.75 Å². The number of hydrogen-bond acceptors (Lipinski definition) is 3. The summed E-state index contributed by atoms with van der Waals surface area (Å²) < 4.78 is 19.6. The molecular weight excluding hydrogens is 315 g/mol. The quantitative estimate of drug-likeness (QED) is 0.801. The van der Waals surface area contributed by atoms with Crippen molar-refractivity contribution in [2.75, 3.05) is 13.7 Å². The molecule has 1 aliphatic heterocycles. The van der Waals surface area contributed by atoms with Gasteiger partial charge in [-0.15, -0.1) is 0 Å². The number of ether oxygens (including phenoxy) is 1. The maximum Gasteiger partial charge on any atom is 0.129 e. The molecule has 0 spiro atoms. The highest BCUT2D eigenvalue weighted by atomic mass is 19.1. The van der Waals surface area contributed by atoms with E-state index in [0.29, 0.717) is 17.7 Å². The Morgan fingerprint density at radius 1 is 1.16 bits per heavy atom. The van der Waals surface area contributed by atoms with Gasteiger partial charge < -0.3 is 4.74 Å². The Morgan fingerprint density at radius 3 is 2.64 bits per heavy atom. The molecule has 1 saturated heterocycles. The normalized spacial score (nSPS) is 18.4. The van der Waals surface area contributed by atoms with Crippen LogP contribution in [0.2, 0.25) is 0 Å². The van der Waals surface area contributed by atoms with Crippen molar-refractivity contribution in [2.45, 2.75) is 38.3 Å². The fraction of sp³-hybridized carbons (Fsp3) is 0.381. The fourth-order valence-electron chi connectivity index (χ4n) is 3.52. The van der Waals surface area contributed by atoms with Crippen LogP contribution in [0.4, 0.5) is 4.39 Å². The van der Waals surface area contributed by atoms with E-state index in [1.807, 2.05) is 18.2 Å². The Hall–Kier alpha value is -2.38. The first-order chi connectivity index (χ1) is 12.2. The summed E-state index contributed by atoms with van der Waals surface area (Å²) in [7, 11) is 1.67. The molecule has 0 saturated carbocycles. The monoisotopic (exact) mass is 338 g/mol. The third-order valence-corrected chi connectivity index (χ3v) is 4.92. The van der Waals surface area contributed by atoms with E-state index < -0.39 is 0 Å². The summed E-state index contributed by atoms with van der Waals surface area (Å²) >= 11 is 0. The lowest BCUT2D eigenvalue weighted by Crippen LogP contribution is -2.28. The number of nitrogens with zero attached hydrogens (tertiary/aromatic N) is 2. The summed E-state index contributed by atoms with van der Waals surface area (Å²) in [5, 5.41) is 8.91. The molecule has 3 rings (SSSR count). The molecule has 1 fully saturated rings. The van der Waals surface area contributed by atoms with Gasteiger partial charge >= 0.3 is 0 Å². The summed E-state index contributed by atoms with van der Waals surface area (Å²) in [4.78, 5) is 2.36. The Bertz CT molecular complexity index is 751. The number of likely N-dealkylation sites (tertiary alicyclic amines) is 1. The minimum atomic E-state index is -0.295. The topological polar surface area (TPSA) is 36.3 Å². The predicted molar refractivity (Wildman–Crippen MR) is 95.7 cm³/mol. The van der Waals surface area contributed by atoms with Crippen molar-refractivity contribution in [3.8, 4) is 11.8 Å². The number of halogens is 1. The maximum absolute atomic E-state index is 14.3. The van der Waals surface area contributed by atoms with Gasteiger partial charge in [0.05, 0.1) is 18.7 Å². The van der Waals surface area contributed by atoms with Crippen molar-refractivity contribution >= 4 is 0 Å². The molecule has 1 atom stereocenters. The van der Waals surface area contributed by atoms with E-state index in [4.69, 9.17) is 10.00 Å². The van der Waals surface area contributed by atoms with Gasteiger partial charge in [0.2, 0.25) is 0 Å². The predicted octanol–water partition coefficient (Wildman–Crippen LogP) is 4.82. The minimum absolute atomic E-state index is 0.281. The van der Waals surface area contributed by atoms with Gasteiger partial charge in [-0.05, 0) is 49.2 Å². The van der Waals surface area contributed by atoms with Crippen LogP contribution in [0.25, 0.3) is 0 Å². The molecule has 1 unspecified atom stereocenters. The van der Waals surface area contributed by atoms with E-state index >= 15 is 0 Å². The minimum Gasteiger partial charge on any atom is -0.497 e. The van der Waals surface area contributed by atoms with Crippen LogP contribution in [0.1, 0.15) is 48.4 Å². The van der Waals surface area contributed by atoms with E-state index in [9.17, 15) is 4.39 Å². The summed E-state index contributed by atoms with van der Waals surface area (Å²) in [6.45, 7) is 1.52. The van der Waals surface area contributed by atoms with E-state index in [1.165, 1.54) is 24.5 Å². The largest absolute Gasteiger partial charge is 0.497 e. The van der Waals surface area contributed by atoms with Gasteiger partial charge in [-0.2, -0.15) is 5.26 Å². The molecule has 130 valence electrons. The van der Waals surface area contributed by atoms with Crippen LogP contribution in [-0.4, -0.2) is 18.6 Å². The van der Waals surface area contributed by atoms with Gasteiger partial charge in [0.1, 0.15) is 11.6 Å². The van der Waals surface area contributed by atoms with E-state index in [0.717, 1.165) is 25.1 Å². The molecule has 0 aliphatic carbocycles. The van der Waals surface area contributed by atoms with Crippen LogP contribution in [-0.2, 0) is 6.54 Å². The zero-order chi connectivity index (χ0) is 17.6. The first kappa shape index (κ1) is 17.4. The van der Waals surface area contributed by atoms with Crippen molar-refractivity contribution in [3.63, 3.8) is 0 Å². The van der Waals surface area contributed by atoms with Crippen molar-refractivity contribution in [1.29, 1.82) is 5.26 Å².